The lowest BCUT2D eigenvalue weighted by atomic mass is 10.1. The SMILES string of the molecule is Cc1cc(NS(=O)(=O)c2cnccc2Cl)c(C)cc1O. The molecule has 2 N–H and O–H groups in total. The van der Waals surface area contributed by atoms with Gasteiger partial charge < -0.3 is 5.11 Å². The summed E-state index contributed by atoms with van der Waals surface area (Å²) in [7, 11) is -3.82. The van der Waals surface area contributed by atoms with E-state index in [2.05, 4.69) is 9.71 Å². The van der Waals surface area contributed by atoms with Crippen LogP contribution >= 0.6 is 11.6 Å². The molecule has 106 valence electrons. The molecular formula is C13H13ClN2O3S. The van der Waals surface area contributed by atoms with E-state index in [1.54, 1.807) is 19.9 Å². The largest absolute Gasteiger partial charge is 0.508 e. The molecule has 0 spiro atoms. The standard InChI is InChI=1S/C13H13ClN2O3S/c1-8-6-12(17)9(2)5-11(8)16-20(18,19)13-7-15-4-3-10(13)14/h3-7,16-17H,1-2H3. The highest BCUT2D eigenvalue weighted by Crippen LogP contribution is 2.28. The third-order valence-electron chi connectivity index (χ3n) is 2.81. The molecule has 7 heteroatoms. The molecule has 0 bridgehead atoms. The third kappa shape index (κ3) is 2.86. The van der Waals surface area contributed by atoms with E-state index in [9.17, 15) is 13.5 Å². The van der Waals surface area contributed by atoms with Crippen LogP contribution in [0.4, 0.5) is 5.69 Å². The molecule has 0 saturated heterocycles. The van der Waals surface area contributed by atoms with Gasteiger partial charge in [0.1, 0.15) is 10.6 Å². The van der Waals surface area contributed by atoms with E-state index in [1.807, 2.05) is 0 Å². The van der Waals surface area contributed by atoms with Crippen molar-refractivity contribution in [3.8, 4) is 5.75 Å². The maximum Gasteiger partial charge on any atom is 0.264 e. The number of hydrogen-bond donors (Lipinski definition) is 2. The van der Waals surface area contributed by atoms with Gasteiger partial charge in [-0.1, -0.05) is 11.6 Å². The Morgan fingerprint density at radius 1 is 1.25 bits per heavy atom. The molecule has 2 rings (SSSR count). The van der Waals surface area contributed by atoms with E-state index in [-0.39, 0.29) is 15.7 Å². The van der Waals surface area contributed by atoms with Gasteiger partial charge in [-0.05, 0) is 43.2 Å². The number of phenols is 1. The van der Waals surface area contributed by atoms with Crippen molar-refractivity contribution in [2.45, 2.75) is 18.7 Å². The van der Waals surface area contributed by atoms with Crippen molar-refractivity contribution in [3.63, 3.8) is 0 Å². The third-order valence-corrected chi connectivity index (χ3v) is 4.65. The summed E-state index contributed by atoms with van der Waals surface area (Å²) in [6.07, 6.45) is 2.60. The monoisotopic (exact) mass is 312 g/mol. The van der Waals surface area contributed by atoms with Crippen molar-refractivity contribution < 1.29 is 13.5 Å². The Kier molecular flexibility index (Phi) is 3.87. The van der Waals surface area contributed by atoms with Crippen molar-refractivity contribution in [2.24, 2.45) is 0 Å². The topological polar surface area (TPSA) is 79.3 Å². The number of hydrogen-bond acceptors (Lipinski definition) is 4. The molecule has 0 aliphatic rings. The normalized spacial score (nSPS) is 11.3. The number of pyridine rings is 1. The first-order valence-corrected chi connectivity index (χ1v) is 7.60. The predicted molar refractivity (Wildman–Crippen MR) is 77.6 cm³/mol. The number of aryl methyl sites for hydroxylation is 2. The van der Waals surface area contributed by atoms with Crippen LogP contribution in [0.5, 0.6) is 5.75 Å². The van der Waals surface area contributed by atoms with Gasteiger partial charge in [-0.25, -0.2) is 8.42 Å². The Morgan fingerprint density at radius 3 is 2.60 bits per heavy atom. The first-order valence-electron chi connectivity index (χ1n) is 5.74. The number of phenolic OH excluding ortho intramolecular Hbond substituents is 1. The number of aromatic hydroxyl groups is 1. The van der Waals surface area contributed by atoms with Gasteiger partial charge >= 0.3 is 0 Å². The van der Waals surface area contributed by atoms with Gasteiger partial charge in [-0.15, -0.1) is 0 Å². The number of anilines is 1. The molecule has 1 heterocycles. The minimum absolute atomic E-state index is 0.0909. The molecule has 0 radical (unpaired) electrons. The van der Waals surface area contributed by atoms with Gasteiger partial charge in [0.15, 0.2) is 0 Å². The summed E-state index contributed by atoms with van der Waals surface area (Å²) in [5.41, 5.74) is 1.57. The average Bonchev–Trinajstić information content (AvgIpc) is 2.36. The van der Waals surface area contributed by atoms with Crippen molar-refractivity contribution in [1.29, 1.82) is 0 Å². The second kappa shape index (κ2) is 5.30. The minimum Gasteiger partial charge on any atom is -0.508 e. The number of benzene rings is 1. The summed E-state index contributed by atoms with van der Waals surface area (Å²) in [6.45, 7) is 3.38. The van der Waals surface area contributed by atoms with E-state index in [1.165, 1.54) is 24.5 Å². The fraction of sp³-hybridized carbons (Fsp3) is 0.154. The van der Waals surface area contributed by atoms with Crippen molar-refractivity contribution in [3.05, 3.63) is 46.7 Å². The van der Waals surface area contributed by atoms with E-state index in [0.29, 0.717) is 16.8 Å². The summed E-state index contributed by atoms with van der Waals surface area (Å²) >= 11 is 5.87. The lowest BCUT2D eigenvalue weighted by Gasteiger charge is -2.12. The van der Waals surface area contributed by atoms with Crippen LogP contribution in [0.15, 0.2) is 35.5 Å². The maximum absolute atomic E-state index is 12.3. The number of nitrogens with one attached hydrogen (secondary N) is 1. The number of sulfonamides is 1. The van der Waals surface area contributed by atoms with Crippen LogP contribution in [0.1, 0.15) is 11.1 Å². The Bertz CT molecular complexity index is 760. The molecule has 2 aromatic rings. The molecule has 20 heavy (non-hydrogen) atoms. The van der Waals surface area contributed by atoms with Crippen LogP contribution in [-0.4, -0.2) is 18.5 Å². The quantitative estimate of drug-likeness (QED) is 0.854. The number of halogens is 1. The summed E-state index contributed by atoms with van der Waals surface area (Å²) in [5, 5.41) is 9.67. The Labute approximate surface area is 122 Å². The van der Waals surface area contributed by atoms with E-state index in [0.717, 1.165) is 0 Å². The molecule has 0 aliphatic heterocycles. The molecular weight excluding hydrogens is 300 g/mol. The van der Waals surface area contributed by atoms with Crippen LogP contribution < -0.4 is 4.72 Å². The summed E-state index contributed by atoms with van der Waals surface area (Å²) in [5.74, 6) is 0.116. The first-order chi connectivity index (χ1) is 9.31. The molecule has 0 fully saturated rings. The fourth-order valence-electron chi connectivity index (χ4n) is 1.67. The van der Waals surface area contributed by atoms with E-state index in [4.69, 9.17) is 11.6 Å². The van der Waals surface area contributed by atoms with Crippen LogP contribution in [0.3, 0.4) is 0 Å². The van der Waals surface area contributed by atoms with E-state index < -0.39 is 10.0 Å². The minimum atomic E-state index is -3.82. The highest BCUT2D eigenvalue weighted by Gasteiger charge is 2.19. The summed E-state index contributed by atoms with van der Waals surface area (Å²) < 4.78 is 27.0. The van der Waals surface area contributed by atoms with Gasteiger partial charge in [0.05, 0.1) is 10.7 Å². The van der Waals surface area contributed by atoms with Crippen molar-refractivity contribution in [1.82, 2.24) is 4.98 Å². The van der Waals surface area contributed by atoms with Crippen LogP contribution in [-0.2, 0) is 10.0 Å². The van der Waals surface area contributed by atoms with Gasteiger partial charge in [-0.2, -0.15) is 0 Å². The van der Waals surface area contributed by atoms with Crippen LogP contribution in [0.25, 0.3) is 0 Å². The zero-order chi connectivity index (χ0) is 14.9. The van der Waals surface area contributed by atoms with Gasteiger partial charge in [0.25, 0.3) is 10.0 Å². The van der Waals surface area contributed by atoms with Crippen LogP contribution in [0.2, 0.25) is 5.02 Å². The highest BCUT2D eigenvalue weighted by molar-refractivity contribution is 7.92. The fourth-order valence-corrected chi connectivity index (χ4v) is 3.23. The molecule has 1 aromatic carbocycles. The number of rotatable bonds is 3. The first kappa shape index (κ1) is 14.6. The average molecular weight is 313 g/mol. The molecule has 0 atom stereocenters. The molecule has 0 unspecified atom stereocenters. The predicted octanol–water partition coefficient (Wildman–Crippen LogP) is 2.86. The van der Waals surface area contributed by atoms with Gasteiger partial charge in [0, 0.05) is 12.4 Å². The van der Waals surface area contributed by atoms with Crippen LogP contribution in [0, 0.1) is 13.8 Å². The zero-order valence-electron chi connectivity index (χ0n) is 10.9. The Balaban J connectivity index is 2.44. The number of aromatic nitrogens is 1. The van der Waals surface area contributed by atoms with Gasteiger partial charge in [-0.3, -0.25) is 9.71 Å². The van der Waals surface area contributed by atoms with Crippen molar-refractivity contribution in [2.75, 3.05) is 4.72 Å². The molecule has 5 nitrogen and oxygen atoms in total. The summed E-state index contributed by atoms with van der Waals surface area (Å²) in [6, 6.07) is 4.47. The smallest absolute Gasteiger partial charge is 0.264 e. The summed E-state index contributed by atoms with van der Waals surface area (Å²) in [4.78, 5) is 3.67. The molecule has 0 amide bonds. The Morgan fingerprint density at radius 2 is 1.95 bits per heavy atom. The molecule has 1 aromatic heterocycles. The molecule has 0 saturated carbocycles. The maximum atomic E-state index is 12.3. The lowest BCUT2D eigenvalue weighted by molar-refractivity contribution is 0.471. The lowest BCUT2D eigenvalue weighted by Crippen LogP contribution is -2.14. The second-order valence-corrected chi connectivity index (χ2v) is 6.42. The zero-order valence-corrected chi connectivity index (χ0v) is 12.5. The second-order valence-electron chi connectivity index (χ2n) is 4.37. The highest BCUT2D eigenvalue weighted by atomic mass is 35.5. The van der Waals surface area contributed by atoms with Gasteiger partial charge in [0.2, 0.25) is 0 Å². The molecule has 0 aliphatic carbocycles. The number of nitrogens with zero attached hydrogens (tertiary/aromatic N) is 1. The van der Waals surface area contributed by atoms with Crippen molar-refractivity contribution >= 4 is 27.3 Å². The van der Waals surface area contributed by atoms with E-state index >= 15 is 0 Å². The Hall–Kier alpha value is -1.79.